The maximum atomic E-state index is 12.4. The molecule has 0 aliphatic carbocycles. The molecule has 1 aromatic rings. The Labute approximate surface area is 154 Å². The van der Waals surface area contributed by atoms with Crippen molar-refractivity contribution in [1.82, 2.24) is 4.90 Å². The predicted molar refractivity (Wildman–Crippen MR) is 96.3 cm³/mol. The molecule has 8 heteroatoms. The molecule has 0 spiro atoms. The van der Waals surface area contributed by atoms with Gasteiger partial charge in [0.25, 0.3) is 5.91 Å². The largest absolute Gasteiger partial charge is 0.548 e. The molecular formula is C17H16NO5S2-. The quantitative estimate of drug-likeness (QED) is 0.565. The van der Waals surface area contributed by atoms with E-state index in [0.29, 0.717) is 22.8 Å². The molecule has 132 valence electrons. The fraction of sp³-hybridized carbons (Fsp3) is 0.353. The summed E-state index contributed by atoms with van der Waals surface area (Å²) in [6.45, 7) is 3.81. The minimum atomic E-state index is -1.35. The molecule has 0 aromatic heterocycles. The van der Waals surface area contributed by atoms with E-state index in [2.05, 4.69) is 0 Å². The van der Waals surface area contributed by atoms with Gasteiger partial charge in [-0.15, -0.1) is 0 Å². The van der Waals surface area contributed by atoms with Gasteiger partial charge in [0.2, 0.25) is 0 Å². The van der Waals surface area contributed by atoms with Gasteiger partial charge < -0.3 is 19.4 Å². The highest BCUT2D eigenvalue weighted by Crippen LogP contribution is 2.39. The molecule has 0 saturated carbocycles. The summed E-state index contributed by atoms with van der Waals surface area (Å²) in [7, 11) is 0. The highest BCUT2D eigenvalue weighted by atomic mass is 32.2. The number of nitrogens with zero attached hydrogens (tertiary/aromatic N) is 1. The van der Waals surface area contributed by atoms with Crippen LogP contribution in [0.25, 0.3) is 6.08 Å². The Hall–Kier alpha value is -2.06. The zero-order valence-corrected chi connectivity index (χ0v) is 15.4. The van der Waals surface area contributed by atoms with E-state index in [4.69, 9.17) is 21.7 Å². The van der Waals surface area contributed by atoms with Crippen LogP contribution in [0.15, 0.2) is 17.0 Å². The standard InChI is InChI=1S/C17H17NO5S2/c1-3-22-12-5-10-4-9(2)23-13(10)6-11(12)7-14-16(21)18(8-15(19)20)17(24)25-14/h5-7,9H,3-4,8H2,1-2H3,(H,19,20)/p-1/b14-7-/t9-/m0/s1. The lowest BCUT2D eigenvalue weighted by molar-refractivity contribution is -0.305. The van der Waals surface area contributed by atoms with Gasteiger partial charge in [0.05, 0.1) is 24.0 Å². The van der Waals surface area contributed by atoms with Gasteiger partial charge >= 0.3 is 0 Å². The zero-order chi connectivity index (χ0) is 18.1. The summed E-state index contributed by atoms with van der Waals surface area (Å²) in [6, 6.07) is 3.77. The normalized spacial score (nSPS) is 20.8. The second-order valence-corrected chi connectivity index (χ2v) is 7.38. The van der Waals surface area contributed by atoms with E-state index in [0.717, 1.165) is 34.4 Å². The molecule has 0 N–H and O–H groups in total. The Bertz CT molecular complexity index is 789. The first kappa shape index (κ1) is 17.8. The number of carbonyl (C=O) groups is 2. The number of ether oxygens (including phenoxy) is 2. The van der Waals surface area contributed by atoms with Gasteiger partial charge in [-0.2, -0.15) is 0 Å². The van der Waals surface area contributed by atoms with Crippen molar-refractivity contribution in [2.24, 2.45) is 0 Å². The molecule has 25 heavy (non-hydrogen) atoms. The number of hydrogen-bond donors (Lipinski definition) is 0. The van der Waals surface area contributed by atoms with E-state index in [1.165, 1.54) is 0 Å². The van der Waals surface area contributed by atoms with Gasteiger partial charge in [0.15, 0.2) is 0 Å². The van der Waals surface area contributed by atoms with Crippen LogP contribution in [-0.2, 0) is 16.0 Å². The van der Waals surface area contributed by atoms with Crippen LogP contribution in [0.3, 0.4) is 0 Å². The van der Waals surface area contributed by atoms with E-state index in [1.807, 2.05) is 26.0 Å². The number of thiocarbonyl (C=S) groups is 1. The Balaban J connectivity index is 1.95. The van der Waals surface area contributed by atoms with Crippen molar-refractivity contribution < 1.29 is 24.2 Å². The Morgan fingerprint density at radius 2 is 2.32 bits per heavy atom. The van der Waals surface area contributed by atoms with E-state index in [-0.39, 0.29) is 10.4 Å². The van der Waals surface area contributed by atoms with Gasteiger partial charge in [0, 0.05) is 17.5 Å². The van der Waals surface area contributed by atoms with Crippen molar-refractivity contribution in [2.45, 2.75) is 26.4 Å². The molecule has 0 unspecified atom stereocenters. The molecule has 6 nitrogen and oxygen atoms in total. The number of hydrogen-bond acceptors (Lipinski definition) is 7. The van der Waals surface area contributed by atoms with Crippen LogP contribution in [0.2, 0.25) is 0 Å². The van der Waals surface area contributed by atoms with Crippen molar-refractivity contribution in [2.75, 3.05) is 13.2 Å². The van der Waals surface area contributed by atoms with Gasteiger partial charge in [-0.3, -0.25) is 9.69 Å². The summed E-state index contributed by atoms with van der Waals surface area (Å²) in [5, 5.41) is 10.8. The molecule has 1 amide bonds. The smallest absolute Gasteiger partial charge is 0.266 e. The fourth-order valence-electron chi connectivity index (χ4n) is 2.76. The summed E-state index contributed by atoms with van der Waals surface area (Å²) < 4.78 is 11.7. The van der Waals surface area contributed by atoms with Crippen molar-refractivity contribution in [3.8, 4) is 11.5 Å². The predicted octanol–water partition coefficient (Wildman–Crippen LogP) is 1.36. The summed E-state index contributed by atoms with van der Waals surface area (Å²) in [6.07, 6.45) is 2.57. The third-order valence-electron chi connectivity index (χ3n) is 3.78. The lowest BCUT2D eigenvalue weighted by Crippen LogP contribution is -2.40. The van der Waals surface area contributed by atoms with Crippen LogP contribution in [-0.4, -0.2) is 40.4 Å². The molecule has 1 saturated heterocycles. The van der Waals surface area contributed by atoms with E-state index < -0.39 is 18.4 Å². The van der Waals surface area contributed by atoms with E-state index in [1.54, 1.807) is 6.08 Å². The topological polar surface area (TPSA) is 78.9 Å². The number of thioether (sulfide) groups is 1. The molecule has 2 aliphatic rings. The summed E-state index contributed by atoms with van der Waals surface area (Å²) in [5.41, 5.74) is 1.77. The highest BCUT2D eigenvalue weighted by molar-refractivity contribution is 8.26. The third kappa shape index (κ3) is 3.64. The van der Waals surface area contributed by atoms with E-state index >= 15 is 0 Å². The first-order valence-electron chi connectivity index (χ1n) is 7.80. The second kappa shape index (κ2) is 7.05. The van der Waals surface area contributed by atoms with Gasteiger partial charge in [-0.05, 0) is 32.1 Å². The molecule has 1 fully saturated rings. The third-order valence-corrected chi connectivity index (χ3v) is 5.15. The monoisotopic (exact) mass is 378 g/mol. The Morgan fingerprint density at radius 3 is 3.00 bits per heavy atom. The number of carbonyl (C=O) groups excluding carboxylic acids is 2. The minimum Gasteiger partial charge on any atom is -0.548 e. The SMILES string of the molecule is CCOc1cc2c(cc1/C=C1\SC(=S)N(CC(=O)[O-])C1=O)O[C@@H](C)C2. The van der Waals surface area contributed by atoms with Crippen LogP contribution in [0, 0.1) is 0 Å². The van der Waals surface area contributed by atoms with Crippen LogP contribution < -0.4 is 14.6 Å². The molecule has 0 bridgehead atoms. The van der Waals surface area contributed by atoms with Crippen LogP contribution in [0.5, 0.6) is 11.5 Å². The average Bonchev–Trinajstić information content (AvgIpc) is 3.01. The number of aliphatic carboxylic acids is 1. The van der Waals surface area contributed by atoms with Crippen LogP contribution in [0.1, 0.15) is 25.0 Å². The number of carboxylic acid groups (broad SMARTS) is 1. The lowest BCUT2D eigenvalue weighted by atomic mass is 10.1. The first-order valence-corrected chi connectivity index (χ1v) is 9.03. The van der Waals surface area contributed by atoms with Crippen molar-refractivity contribution in [1.29, 1.82) is 0 Å². The number of benzene rings is 1. The van der Waals surface area contributed by atoms with Gasteiger partial charge in [-0.25, -0.2) is 0 Å². The molecule has 0 radical (unpaired) electrons. The maximum absolute atomic E-state index is 12.4. The van der Waals surface area contributed by atoms with Gasteiger partial charge in [-0.1, -0.05) is 24.0 Å². The van der Waals surface area contributed by atoms with Crippen LogP contribution >= 0.6 is 24.0 Å². The summed E-state index contributed by atoms with van der Waals surface area (Å²) in [4.78, 5) is 24.5. The Morgan fingerprint density at radius 1 is 1.56 bits per heavy atom. The summed E-state index contributed by atoms with van der Waals surface area (Å²) >= 11 is 6.15. The molecule has 2 heterocycles. The molecule has 1 atom stereocenters. The minimum absolute atomic E-state index is 0.0982. The molecule has 2 aliphatic heterocycles. The van der Waals surface area contributed by atoms with Crippen molar-refractivity contribution >= 4 is 46.3 Å². The number of fused-ring (bicyclic) bond motifs is 1. The maximum Gasteiger partial charge on any atom is 0.266 e. The number of amides is 1. The second-order valence-electron chi connectivity index (χ2n) is 5.70. The average molecular weight is 378 g/mol. The number of carboxylic acids is 1. The van der Waals surface area contributed by atoms with Crippen molar-refractivity contribution in [3.63, 3.8) is 0 Å². The number of rotatable bonds is 5. The molecular weight excluding hydrogens is 362 g/mol. The zero-order valence-electron chi connectivity index (χ0n) is 13.7. The Kier molecular flexibility index (Phi) is 5.01. The highest BCUT2D eigenvalue weighted by Gasteiger charge is 2.32. The van der Waals surface area contributed by atoms with Crippen molar-refractivity contribution in [3.05, 3.63) is 28.2 Å². The first-order chi connectivity index (χ1) is 11.9. The fourth-order valence-corrected chi connectivity index (χ4v) is 4.00. The van der Waals surface area contributed by atoms with Gasteiger partial charge in [0.1, 0.15) is 21.9 Å². The lowest BCUT2D eigenvalue weighted by Gasteiger charge is -2.14. The molecule has 1 aromatic carbocycles. The van der Waals surface area contributed by atoms with E-state index in [9.17, 15) is 14.7 Å². The summed E-state index contributed by atoms with van der Waals surface area (Å²) in [5.74, 6) is -0.375. The van der Waals surface area contributed by atoms with Crippen LogP contribution in [0.4, 0.5) is 0 Å². The molecule has 3 rings (SSSR count).